The van der Waals surface area contributed by atoms with Crippen molar-refractivity contribution in [1.29, 1.82) is 0 Å². The Kier molecular flexibility index (Phi) is 5.44. The minimum absolute atomic E-state index is 0.0479. The van der Waals surface area contributed by atoms with Gasteiger partial charge in [0.25, 0.3) is 5.91 Å². The minimum atomic E-state index is -1.37. The number of pyridine rings is 2. The highest BCUT2D eigenvalue weighted by molar-refractivity contribution is 5.98. The number of rotatable bonds is 4. The van der Waals surface area contributed by atoms with Crippen molar-refractivity contribution in [2.75, 3.05) is 18.0 Å². The SMILES string of the molecule is CC1(F)CCN(c2ccc3c(=O)c(C(=O)NC4=C5CCC6CC(C4)CC56)cn(-c4ccc(F)cc4F)c3n2)C1. The molecule has 4 atom stereocenters. The fourth-order valence-corrected chi connectivity index (χ4v) is 7.32. The van der Waals surface area contributed by atoms with Gasteiger partial charge in [0.05, 0.1) is 17.6 Å². The Hall–Kier alpha value is -3.62. The molecule has 1 amide bonds. The molecule has 39 heavy (non-hydrogen) atoms. The number of aromatic nitrogens is 2. The molecule has 3 aromatic rings. The largest absolute Gasteiger partial charge is 0.353 e. The van der Waals surface area contributed by atoms with Gasteiger partial charge in [-0.15, -0.1) is 0 Å². The molecule has 9 heteroatoms. The molecule has 0 spiro atoms. The number of benzene rings is 1. The lowest BCUT2D eigenvalue weighted by Gasteiger charge is -2.25. The maximum Gasteiger partial charge on any atom is 0.260 e. The summed E-state index contributed by atoms with van der Waals surface area (Å²) in [5, 5.41) is 3.16. The third kappa shape index (κ3) is 4.05. The highest BCUT2D eigenvalue weighted by Crippen LogP contribution is 2.55. The number of fused-ring (bicyclic) bond motifs is 2. The molecule has 1 aromatic carbocycles. The number of amides is 1. The van der Waals surface area contributed by atoms with Crippen molar-refractivity contribution in [3.8, 4) is 5.69 Å². The molecule has 7 rings (SSSR count). The van der Waals surface area contributed by atoms with Crippen LogP contribution in [0.3, 0.4) is 0 Å². The number of carbonyl (C=O) groups is 1. The van der Waals surface area contributed by atoms with Gasteiger partial charge >= 0.3 is 0 Å². The zero-order valence-corrected chi connectivity index (χ0v) is 21.6. The third-order valence-electron chi connectivity index (χ3n) is 9.17. The molecular weight excluding hydrogens is 505 g/mol. The summed E-state index contributed by atoms with van der Waals surface area (Å²) in [6, 6.07) is 6.29. The van der Waals surface area contributed by atoms with Crippen LogP contribution in [-0.2, 0) is 0 Å². The summed E-state index contributed by atoms with van der Waals surface area (Å²) in [5.74, 6) is 0.0779. The average Bonchev–Trinajstić information content (AvgIpc) is 3.56. The van der Waals surface area contributed by atoms with E-state index in [1.807, 2.05) is 0 Å². The van der Waals surface area contributed by atoms with Gasteiger partial charge in [-0.2, -0.15) is 0 Å². The first-order valence-corrected chi connectivity index (χ1v) is 13.7. The summed E-state index contributed by atoms with van der Waals surface area (Å²) in [7, 11) is 0. The lowest BCUT2D eigenvalue weighted by atomic mass is 9.86. The molecule has 4 unspecified atom stereocenters. The third-order valence-corrected chi connectivity index (χ3v) is 9.17. The molecule has 0 radical (unpaired) electrons. The normalized spacial score (nSPS) is 27.6. The highest BCUT2D eigenvalue weighted by atomic mass is 19.1. The molecule has 3 heterocycles. The molecule has 6 nitrogen and oxygen atoms in total. The molecule has 2 bridgehead atoms. The Bertz CT molecular complexity index is 1630. The Labute approximate surface area is 223 Å². The van der Waals surface area contributed by atoms with Crippen LogP contribution in [0.25, 0.3) is 16.7 Å². The molecule has 1 N–H and O–H groups in total. The zero-order chi connectivity index (χ0) is 27.1. The van der Waals surface area contributed by atoms with E-state index in [1.54, 1.807) is 17.0 Å². The van der Waals surface area contributed by atoms with Crippen LogP contribution in [0.5, 0.6) is 0 Å². The molecule has 3 fully saturated rings. The first kappa shape index (κ1) is 24.4. The van der Waals surface area contributed by atoms with E-state index in [0.717, 1.165) is 37.1 Å². The Morgan fingerprint density at radius 3 is 2.79 bits per heavy atom. The van der Waals surface area contributed by atoms with Gasteiger partial charge in [0, 0.05) is 30.9 Å². The van der Waals surface area contributed by atoms with Gasteiger partial charge < -0.3 is 10.2 Å². The van der Waals surface area contributed by atoms with E-state index in [4.69, 9.17) is 0 Å². The molecule has 1 aliphatic heterocycles. The Balaban J connectivity index is 1.34. The number of hydrogen-bond acceptors (Lipinski definition) is 4. The quantitative estimate of drug-likeness (QED) is 0.485. The molecule has 4 aliphatic rings. The Morgan fingerprint density at radius 1 is 1.18 bits per heavy atom. The molecule has 1 saturated heterocycles. The lowest BCUT2D eigenvalue weighted by Crippen LogP contribution is -2.32. The van der Waals surface area contributed by atoms with Gasteiger partial charge in [0.15, 0.2) is 5.65 Å². The first-order chi connectivity index (χ1) is 18.7. The van der Waals surface area contributed by atoms with Gasteiger partial charge in [-0.25, -0.2) is 18.2 Å². The van der Waals surface area contributed by atoms with Gasteiger partial charge in [0.2, 0.25) is 5.43 Å². The van der Waals surface area contributed by atoms with E-state index in [9.17, 15) is 18.4 Å². The van der Waals surface area contributed by atoms with Crippen molar-refractivity contribution in [2.45, 2.75) is 51.1 Å². The smallest absolute Gasteiger partial charge is 0.260 e. The standard InChI is InChI=1S/C30H29F3N4O2/c1-30(33)8-9-36(15-30)26-7-5-20-27(38)22(14-37(28(20)35-26)25-6-3-18(31)13-23(25)32)29(39)34-24-12-16-10-17-2-4-19(24)21(17)11-16/h3,5-7,13-14,16-17,21H,2,4,8-12,15H2,1H3,(H,34,39). The molecule has 3 aliphatic carbocycles. The number of allylic oxidation sites excluding steroid dienone is 2. The van der Waals surface area contributed by atoms with Crippen molar-refractivity contribution < 1.29 is 18.0 Å². The number of anilines is 1. The first-order valence-electron chi connectivity index (χ1n) is 13.7. The number of halogens is 3. The molecule has 202 valence electrons. The number of alkyl halides is 1. The fourth-order valence-electron chi connectivity index (χ4n) is 7.32. The van der Waals surface area contributed by atoms with Crippen molar-refractivity contribution >= 4 is 22.8 Å². The number of hydrogen-bond donors (Lipinski definition) is 1. The highest BCUT2D eigenvalue weighted by Gasteiger charge is 2.45. The second kappa shape index (κ2) is 8.69. The van der Waals surface area contributed by atoms with Crippen molar-refractivity contribution in [1.82, 2.24) is 14.9 Å². The van der Waals surface area contributed by atoms with Gasteiger partial charge in [-0.1, -0.05) is 0 Å². The zero-order valence-electron chi connectivity index (χ0n) is 21.6. The Morgan fingerprint density at radius 2 is 2.03 bits per heavy atom. The van der Waals surface area contributed by atoms with Crippen molar-refractivity contribution in [3.63, 3.8) is 0 Å². The van der Waals surface area contributed by atoms with Gasteiger partial charge in [0.1, 0.15) is 28.7 Å². The summed E-state index contributed by atoms with van der Waals surface area (Å²) in [4.78, 5) is 33.6. The van der Waals surface area contributed by atoms with E-state index in [1.165, 1.54) is 42.2 Å². The monoisotopic (exact) mass is 534 g/mol. The molecule has 2 aromatic heterocycles. The average molecular weight is 535 g/mol. The van der Waals surface area contributed by atoms with Crippen LogP contribution in [0.4, 0.5) is 19.0 Å². The number of nitrogens with zero attached hydrogens (tertiary/aromatic N) is 3. The van der Waals surface area contributed by atoms with Crippen molar-refractivity contribution in [2.24, 2.45) is 17.8 Å². The second-order valence-corrected chi connectivity index (χ2v) is 11.9. The fraction of sp³-hybridized carbons (Fsp3) is 0.433. The number of nitrogens with one attached hydrogen (secondary N) is 1. The van der Waals surface area contributed by atoms with Crippen LogP contribution in [0.2, 0.25) is 0 Å². The second-order valence-electron chi connectivity index (χ2n) is 11.9. The predicted molar refractivity (Wildman–Crippen MR) is 142 cm³/mol. The van der Waals surface area contributed by atoms with Crippen LogP contribution in [0.15, 0.2) is 52.6 Å². The number of carbonyl (C=O) groups excluding carboxylic acids is 1. The van der Waals surface area contributed by atoms with E-state index < -0.39 is 28.6 Å². The van der Waals surface area contributed by atoms with Crippen LogP contribution < -0.4 is 15.6 Å². The van der Waals surface area contributed by atoms with Gasteiger partial charge in [-0.3, -0.25) is 14.2 Å². The molecular formula is C30H29F3N4O2. The van der Waals surface area contributed by atoms with E-state index in [0.29, 0.717) is 36.5 Å². The van der Waals surface area contributed by atoms with Crippen LogP contribution in [0.1, 0.15) is 55.8 Å². The van der Waals surface area contributed by atoms with Gasteiger partial charge in [-0.05, 0) is 86.6 Å². The van der Waals surface area contributed by atoms with Crippen LogP contribution in [0, 0.1) is 29.4 Å². The van der Waals surface area contributed by atoms with E-state index in [2.05, 4.69) is 10.3 Å². The van der Waals surface area contributed by atoms with Crippen LogP contribution in [-0.4, -0.2) is 34.2 Å². The molecule has 2 saturated carbocycles. The summed E-state index contributed by atoms with van der Waals surface area (Å²) >= 11 is 0. The summed E-state index contributed by atoms with van der Waals surface area (Å²) in [6.45, 7) is 2.12. The summed E-state index contributed by atoms with van der Waals surface area (Å²) in [6.07, 6.45) is 6.92. The maximum atomic E-state index is 15.0. The summed E-state index contributed by atoms with van der Waals surface area (Å²) in [5.41, 5.74) is 0.275. The predicted octanol–water partition coefficient (Wildman–Crippen LogP) is 5.43. The van der Waals surface area contributed by atoms with Crippen LogP contribution >= 0.6 is 0 Å². The topological polar surface area (TPSA) is 67.2 Å². The lowest BCUT2D eigenvalue weighted by molar-refractivity contribution is 0.0960. The summed E-state index contributed by atoms with van der Waals surface area (Å²) < 4.78 is 44.7. The van der Waals surface area contributed by atoms with E-state index >= 15 is 4.39 Å². The van der Waals surface area contributed by atoms with E-state index in [-0.39, 0.29) is 28.8 Å². The minimum Gasteiger partial charge on any atom is -0.353 e. The van der Waals surface area contributed by atoms with Crippen molar-refractivity contribution in [3.05, 3.63) is 75.2 Å². The maximum absolute atomic E-state index is 15.0.